The predicted molar refractivity (Wildman–Crippen MR) is 180 cm³/mol. The summed E-state index contributed by atoms with van der Waals surface area (Å²) in [5, 5.41) is 51.8. The van der Waals surface area contributed by atoms with Crippen LogP contribution in [0.2, 0.25) is 20.1 Å². The summed E-state index contributed by atoms with van der Waals surface area (Å²) in [6, 6.07) is 6.73. The predicted octanol–water partition coefficient (Wildman–Crippen LogP) is 4.44. The van der Waals surface area contributed by atoms with E-state index in [9.17, 15) is 25.5 Å². The number of hydrogen-bond acceptors (Lipinski definition) is 9. The molecule has 1 unspecified atom stereocenters. The molecule has 2 aliphatic heterocycles. The summed E-state index contributed by atoms with van der Waals surface area (Å²) in [7, 11) is 0. The van der Waals surface area contributed by atoms with Crippen LogP contribution in [0.15, 0.2) is 24.3 Å². The number of fused-ring (bicyclic) bond motifs is 2. The average Bonchev–Trinajstić information content (AvgIpc) is 3.67. The van der Waals surface area contributed by atoms with Crippen molar-refractivity contribution < 1.29 is 25.5 Å². The van der Waals surface area contributed by atoms with E-state index in [0.717, 1.165) is 67.5 Å². The second-order valence-electron chi connectivity index (χ2n) is 12.7. The first-order valence-corrected chi connectivity index (χ1v) is 17.1. The van der Waals surface area contributed by atoms with Gasteiger partial charge in [-0.15, -0.1) is 0 Å². The Labute approximate surface area is 285 Å². The molecule has 5 N–H and O–H groups in total. The maximum atomic E-state index is 10.5. The van der Waals surface area contributed by atoms with E-state index in [0.29, 0.717) is 44.9 Å². The largest absolute Gasteiger partial charge is 0.396 e. The summed E-state index contributed by atoms with van der Waals surface area (Å²) in [5.41, 5.74) is 3.19. The standard InChI is InChI=1S/C16H19Cl2N3O3.C15H17Cl2N3O2/c17-9-5-11-12(6-10(9)18)21(16(19-11)20-2-1-3-20)13-4-8(7-22)14(23)15(13)24;16-9-6-11-12(7-10(9)17)20(8-4-13(21)14(22)5-8)15(18-11)19-2-1-3-19/h5-6,8,13-15,22-24H,1-4,7H2;6-8,13-14,21-22H,1-5H2/t8-,13-,14-,15+;8?,13-,14+/m0./s1. The minimum atomic E-state index is -0.964. The van der Waals surface area contributed by atoms with Gasteiger partial charge in [-0.3, -0.25) is 0 Å². The lowest BCUT2D eigenvalue weighted by Crippen LogP contribution is -2.40. The topological polar surface area (TPSA) is 143 Å². The summed E-state index contributed by atoms with van der Waals surface area (Å²) in [6.45, 7) is 3.59. The fourth-order valence-corrected chi connectivity index (χ4v) is 7.67. The summed E-state index contributed by atoms with van der Waals surface area (Å²) in [4.78, 5) is 13.7. The number of imidazole rings is 2. The van der Waals surface area contributed by atoms with Crippen LogP contribution in [-0.2, 0) is 0 Å². The molecule has 11 nitrogen and oxygen atoms in total. The Hall–Kier alpha value is -2.06. The number of aliphatic hydroxyl groups is 5. The van der Waals surface area contributed by atoms with Crippen molar-refractivity contribution in [3.8, 4) is 0 Å². The first kappa shape index (κ1) is 32.5. The van der Waals surface area contributed by atoms with Gasteiger partial charge in [0.1, 0.15) is 6.10 Å². The van der Waals surface area contributed by atoms with E-state index in [-0.39, 0.29) is 24.6 Å². The molecule has 46 heavy (non-hydrogen) atoms. The van der Waals surface area contributed by atoms with Gasteiger partial charge in [-0.25, -0.2) is 9.97 Å². The van der Waals surface area contributed by atoms with Crippen molar-refractivity contribution >= 4 is 80.4 Å². The van der Waals surface area contributed by atoms with E-state index in [1.165, 1.54) is 0 Å². The summed E-state index contributed by atoms with van der Waals surface area (Å²) in [6.07, 6.45) is 0.482. The van der Waals surface area contributed by atoms with Crippen LogP contribution < -0.4 is 9.80 Å². The third-order valence-corrected chi connectivity index (χ3v) is 11.3. The zero-order chi connectivity index (χ0) is 32.4. The van der Waals surface area contributed by atoms with E-state index < -0.39 is 24.4 Å². The second kappa shape index (κ2) is 12.8. The molecule has 248 valence electrons. The number of nitrogens with zero attached hydrogens (tertiary/aromatic N) is 6. The van der Waals surface area contributed by atoms with Gasteiger partial charge in [0, 0.05) is 44.7 Å². The van der Waals surface area contributed by atoms with E-state index in [1.807, 2.05) is 10.6 Å². The lowest BCUT2D eigenvalue weighted by atomic mass is 10.1. The number of aromatic nitrogens is 4. The van der Waals surface area contributed by atoms with Gasteiger partial charge >= 0.3 is 0 Å². The molecule has 2 aliphatic carbocycles. The van der Waals surface area contributed by atoms with Crippen LogP contribution in [-0.4, -0.2) is 102 Å². The molecule has 0 bridgehead atoms. The molecule has 4 heterocycles. The lowest BCUT2D eigenvalue weighted by molar-refractivity contribution is -0.00354. The Balaban J connectivity index is 0.000000147. The molecule has 0 radical (unpaired) electrons. The number of rotatable bonds is 5. The molecule has 8 rings (SSSR count). The molecule has 2 aromatic heterocycles. The third-order valence-electron chi connectivity index (χ3n) is 9.88. The van der Waals surface area contributed by atoms with Crippen molar-refractivity contribution in [1.82, 2.24) is 19.1 Å². The highest BCUT2D eigenvalue weighted by Crippen LogP contribution is 2.43. The Morgan fingerprint density at radius 1 is 0.630 bits per heavy atom. The number of anilines is 2. The van der Waals surface area contributed by atoms with Gasteiger partial charge < -0.3 is 44.5 Å². The molecule has 15 heteroatoms. The molecule has 2 aromatic carbocycles. The van der Waals surface area contributed by atoms with Crippen LogP contribution in [0.3, 0.4) is 0 Å². The normalized spacial score (nSPS) is 29.3. The monoisotopic (exact) mass is 712 g/mol. The summed E-state index contributed by atoms with van der Waals surface area (Å²) >= 11 is 24.6. The third kappa shape index (κ3) is 5.61. The number of benzene rings is 2. The highest BCUT2D eigenvalue weighted by molar-refractivity contribution is 6.43. The fourth-order valence-electron chi connectivity index (χ4n) is 7.04. The Bertz CT molecular complexity index is 1750. The van der Waals surface area contributed by atoms with E-state index in [1.54, 1.807) is 18.2 Å². The maximum Gasteiger partial charge on any atom is 0.206 e. The Morgan fingerprint density at radius 2 is 1.09 bits per heavy atom. The van der Waals surface area contributed by atoms with Gasteiger partial charge in [0.15, 0.2) is 0 Å². The van der Waals surface area contributed by atoms with E-state index in [2.05, 4.69) is 19.4 Å². The van der Waals surface area contributed by atoms with Gasteiger partial charge in [-0.05, 0) is 56.4 Å². The maximum absolute atomic E-state index is 10.5. The van der Waals surface area contributed by atoms with Crippen LogP contribution >= 0.6 is 46.4 Å². The van der Waals surface area contributed by atoms with Gasteiger partial charge in [0.25, 0.3) is 0 Å². The molecule has 7 atom stereocenters. The molecule has 4 aromatic rings. The Kier molecular flexibility index (Phi) is 9.01. The van der Waals surface area contributed by atoms with E-state index in [4.69, 9.17) is 51.4 Å². The summed E-state index contributed by atoms with van der Waals surface area (Å²) in [5.74, 6) is 1.28. The molecule has 4 aliphatic rings. The van der Waals surface area contributed by atoms with Gasteiger partial charge in [-0.2, -0.15) is 0 Å². The molecule has 0 amide bonds. The van der Waals surface area contributed by atoms with Crippen molar-refractivity contribution in [2.45, 2.75) is 68.6 Å². The van der Waals surface area contributed by atoms with Crippen molar-refractivity contribution in [1.29, 1.82) is 0 Å². The first-order valence-electron chi connectivity index (χ1n) is 15.6. The summed E-state index contributed by atoms with van der Waals surface area (Å²) < 4.78 is 4.05. The van der Waals surface area contributed by atoms with Crippen LogP contribution in [0, 0.1) is 5.92 Å². The smallest absolute Gasteiger partial charge is 0.206 e. The van der Waals surface area contributed by atoms with Crippen LogP contribution in [0.1, 0.15) is 44.2 Å². The van der Waals surface area contributed by atoms with Crippen molar-refractivity contribution in [3.63, 3.8) is 0 Å². The van der Waals surface area contributed by atoms with Crippen molar-refractivity contribution in [2.75, 3.05) is 42.6 Å². The highest BCUT2D eigenvalue weighted by Gasteiger charge is 2.44. The number of halogens is 4. The lowest BCUT2D eigenvalue weighted by Gasteiger charge is -2.34. The SMILES string of the molecule is OC[C@@H]1C[C@H](n2c(N3CCC3)nc3cc(Cl)c(Cl)cc32)[C@@H](O)[C@H]1O.O[C@@H]1CC(n2c(N3CCC3)nc3cc(Cl)c(Cl)cc32)C[C@@H]1O. The van der Waals surface area contributed by atoms with Gasteiger partial charge in [0.2, 0.25) is 11.9 Å². The number of aliphatic hydroxyl groups excluding tert-OH is 5. The highest BCUT2D eigenvalue weighted by atomic mass is 35.5. The van der Waals surface area contributed by atoms with Crippen LogP contribution in [0.5, 0.6) is 0 Å². The molecular weight excluding hydrogens is 678 g/mol. The quantitative estimate of drug-likeness (QED) is 0.203. The molecule has 2 saturated heterocycles. The first-order chi connectivity index (χ1) is 22.0. The zero-order valence-corrected chi connectivity index (χ0v) is 27.9. The minimum absolute atomic E-state index is 0.0165. The zero-order valence-electron chi connectivity index (χ0n) is 24.9. The van der Waals surface area contributed by atoms with Crippen LogP contribution in [0.4, 0.5) is 11.9 Å². The molecule has 4 fully saturated rings. The Morgan fingerprint density at radius 3 is 1.52 bits per heavy atom. The second-order valence-corrected chi connectivity index (χ2v) is 14.4. The van der Waals surface area contributed by atoms with E-state index >= 15 is 0 Å². The van der Waals surface area contributed by atoms with Gasteiger partial charge in [0.05, 0.1) is 66.5 Å². The minimum Gasteiger partial charge on any atom is -0.396 e. The number of hydrogen-bond donors (Lipinski definition) is 5. The average molecular weight is 714 g/mol. The molecule has 2 saturated carbocycles. The molecule has 0 spiro atoms. The van der Waals surface area contributed by atoms with Crippen molar-refractivity contribution in [2.24, 2.45) is 5.92 Å². The van der Waals surface area contributed by atoms with Crippen molar-refractivity contribution in [3.05, 3.63) is 44.4 Å². The van der Waals surface area contributed by atoms with Gasteiger partial charge in [-0.1, -0.05) is 46.4 Å². The van der Waals surface area contributed by atoms with Crippen LogP contribution in [0.25, 0.3) is 22.1 Å². The molecular formula is C31H36Cl4N6O5. The fraction of sp³-hybridized carbons (Fsp3) is 0.548.